The van der Waals surface area contributed by atoms with Crippen molar-refractivity contribution in [2.45, 2.75) is 32.4 Å². The van der Waals surface area contributed by atoms with Gasteiger partial charge in [0.25, 0.3) is 0 Å². The number of aryl methyl sites for hydroxylation is 1. The largest absolute Gasteiger partial charge is 0.369 e. The van der Waals surface area contributed by atoms with Crippen molar-refractivity contribution < 1.29 is 0 Å². The number of hydrogen-bond acceptors (Lipinski definition) is 4. The number of hydrogen-bond donors (Lipinski definition) is 2. The van der Waals surface area contributed by atoms with E-state index in [1.807, 2.05) is 7.05 Å². The number of nitrogens with zero attached hydrogens (tertiary/aromatic N) is 3. The van der Waals surface area contributed by atoms with Crippen molar-refractivity contribution in [3.8, 4) is 0 Å². The second-order valence-corrected chi connectivity index (χ2v) is 6.87. The van der Waals surface area contributed by atoms with E-state index in [0.717, 1.165) is 37.6 Å². The molecule has 6 heteroatoms. The summed E-state index contributed by atoms with van der Waals surface area (Å²) < 4.78 is 0. The van der Waals surface area contributed by atoms with Gasteiger partial charge in [0, 0.05) is 37.2 Å². The van der Waals surface area contributed by atoms with Crippen LogP contribution in [0, 0.1) is 0 Å². The summed E-state index contributed by atoms with van der Waals surface area (Å²) in [5.41, 5.74) is 2.37. The van der Waals surface area contributed by atoms with Crippen LogP contribution in [0.4, 0.5) is 5.69 Å². The Bertz CT molecular complexity index is 667. The molecular formula is C18H25N5S. The minimum atomic E-state index is 0.415. The fraction of sp³-hybridized carbons (Fsp3) is 0.444. The molecule has 1 fully saturated rings. The quantitative estimate of drug-likeness (QED) is 0.647. The Morgan fingerprint density at radius 2 is 2.21 bits per heavy atom. The number of para-hydroxylation sites is 1. The van der Waals surface area contributed by atoms with Gasteiger partial charge in [-0.2, -0.15) is 0 Å². The van der Waals surface area contributed by atoms with E-state index in [4.69, 9.17) is 0 Å². The monoisotopic (exact) mass is 343 g/mol. The van der Waals surface area contributed by atoms with Gasteiger partial charge in [-0.25, -0.2) is 4.98 Å². The van der Waals surface area contributed by atoms with E-state index in [1.165, 1.54) is 10.7 Å². The molecule has 1 aliphatic heterocycles. The Morgan fingerprint density at radius 3 is 2.92 bits per heavy atom. The first-order chi connectivity index (χ1) is 11.8. The fourth-order valence-corrected chi connectivity index (χ4v) is 3.65. The maximum absolute atomic E-state index is 4.58. The normalized spacial score (nSPS) is 18.0. The van der Waals surface area contributed by atoms with Crippen molar-refractivity contribution in [1.29, 1.82) is 0 Å². The Hall–Kier alpha value is -2.08. The lowest BCUT2D eigenvalue weighted by atomic mass is 10.3. The van der Waals surface area contributed by atoms with Crippen LogP contribution in [-0.4, -0.2) is 37.1 Å². The summed E-state index contributed by atoms with van der Waals surface area (Å²) in [4.78, 5) is 11.3. The molecule has 0 spiro atoms. The molecule has 1 aliphatic rings. The van der Waals surface area contributed by atoms with Crippen molar-refractivity contribution in [1.82, 2.24) is 15.6 Å². The smallest absolute Gasteiger partial charge is 0.191 e. The van der Waals surface area contributed by atoms with Gasteiger partial charge in [0.1, 0.15) is 0 Å². The zero-order valence-electron chi connectivity index (χ0n) is 14.3. The Balaban J connectivity index is 1.49. The summed E-state index contributed by atoms with van der Waals surface area (Å²) in [7, 11) is 1.82. The molecule has 0 aliphatic carbocycles. The average molecular weight is 344 g/mol. The molecule has 128 valence electrons. The molecule has 0 bridgehead atoms. The SMILES string of the molecule is CCc1nc(CNC(=NC)NC2CCN(c3ccccc3)C2)cs1. The molecule has 0 amide bonds. The second kappa shape index (κ2) is 8.15. The lowest BCUT2D eigenvalue weighted by molar-refractivity contribution is 0.647. The molecule has 1 unspecified atom stereocenters. The van der Waals surface area contributed by atoms with Gasteiger partial charge in [-0.05, 0) is 25.0 Å². The topological polar surface area (TPSA) is 52.6 Å². The van der Waals surface area contributed by atoms with Crippen LogP contribution in [0.3, 0.4) is 0 Å². The van der Waals surface area contributed by atoms with E-state index >= 15 is 0 Å². The zero-order valence-corrected chi connectivity index (χ0v) is 15.1. The number of guanidine groups is 1. The lowest BCUT2D eigenvalue weighted by Crippen LogP contribution is -2.44. The number of rotatable bonds is 5. The van der Waals surface area contributed by atoms with Crippen LogP contribution >= 0.6 is 11.3 Å². The van der Waals surface area contributed by atoms with Crippen molar-refractivity contribution in [3.05, 3.63) is 46.4 Å². The first-order valence-corrected chi connectivity index (χ1v) is 9.37. The first kappa shape index (κ1) is 16.8. The van der Waals surface area contributed by atoms with Gasteiger partial charge in [-0.1, -0.05) is 25.1 Å². The minimum Gasteiger partial charge on any atom is -0.369 e. The van der Waals surface area contributed by atoms with Crippen LogP contribution < -0.4 is 15.5 Å². The molecule has 1 saturated heterocycles. The van der Waals surface area contributed by atoms with Crippen molar-refractivity contribution in [2.24, 2.45) is 4.99 Å². The summed E-state index contributed by atoms with van der Waals surface area (Å²) in [6, 6.07) is 11.0. The van der Waals surface area contributed by atoms with Crippen LogP contribution in [0.2, 0.25) is 0 Å². The van der Waals surface area contributed by atoms with Gasteiger partial charge in [-0.15, -0.1) is 11.3 Å². The third-order valence-corrected chi connectivity index (χ3v) is 5.25. The van der Waals surface area contributed by atoms with E-state index in [9.17, 15) is 0 Å². The standard InChI is InChI=1S/C18H25N5S/c1-3-17-21-15(13-24-17)11-20-18(19-2)22-14-9-10-23(12-14)16-7-5-4-6-8-16/h4-8,13-14H,3,9-12H2,1-2H3,(H2,19,20,22). The summed E-state index contributed by atoms with van der Waals surface area (Å²) in [6.45, 7) is 4.92. The Labute approximate surface area is 147 Å². The third-order valence-electron chi connectivity index (χ3n) is 4.21. The molecule has 5 nitrogen and oxygen atoms in total. The van der Waals surface area contributed by atoms with Crippen LogP contribution in [0.25, 0.3) is 0 Å². The van der Waals surface area contributed by atoms with Gasteiger partial charge >= 0.3 is 0 Å². The summed E-state index contributed by atoms with van der Waals surface area (Å²) in [5.74, 6) is 0.848. The van der Waals surface area contributed by atoms with Crippen molar-refractivity contribution in [2.75, 3.05) is 25.0 Å². The van der Waals surface area contributed by atoms with E-state index in [2.05, 4.69) is 68.1 Å². The minimum absolute atomic E-state index is 0.415. The van der Waals surface area contributed by atoms with E-state index in [0.29, 0.717) is 12.6 Å². The molecule has 2 aromatic rings. The highest BCUT2D eigenvalue weighted by Gasteiger charge is 2.23. The highest BCUT2D eigenvalue weighted by molar-refractivity contribution is 7.09. The summed E-state index contributed by atoms with van der Waals surface area (Å²) >= 11 is 1.72. The van der Waals surface area contributed by atoms with E-state index in [1.54, 1.807) is 11.3 Å². The maximum atomic E-state index is 4.58. The van der Waals surface area contributed by atoms with Crippen molar-refractivity contribution >= 4 is 23.0 Å². The maximum Gasteiger partial charge on any atom is 0.191 e. The molecule has 1 atom stereocenters. The summed E-state index contributed by atoms with van der Waals surface area (Å²) in [6.07, 6.45) is 2.11. The van der Waals surface area contributed by atoms with Crippen LogP contribution in [0.5, 0.6) is 0 Å². The first-order valence-electron chi connectivity index (χ1n) is 8.49. The zero-order chi connectivity index (χ0) is 16.8. The van der Waals surface area contributed by atoms with Gasteiger partial charge in [-0.3, -0.25) is 4.99 Å². The van der Waals surface area contributed by atoms with E-state index in [-0.39, 0.29) is 0 Å². The molecule has 24 heavy (non-hydrogen) atoms. The molecular weight excluding hydrogens is 318 g/mol. The Kier molecular flexibility index (Phi) is 5.69. The molecule has 1 aromatic heterocycles. The Morgan fingerprint density at radius 1 is 1.38 bits per heavy atom. The van der Waals surface area contributed by atoms with Gasteiger partial charge in [0.2, 0.25) is 0 Å². The molecule has 2 N–H and O–H groups in total. The predicted molar refractivity (Wildman–Crippen MR) is 102 cm³/mol. The highest BCUT2D eigenvalue weighted by Crippen LogP contribution is 2.19. The van der Waals surface area contributed by atoms with Crippen LogP contribution in [-0.2, 0) is 13.0 Å². The van der Waals surface area contributed by atoms with Gasteiger partial charge in [0.05, 0.1) is 17.2 Å². The van der Waals surface area contributed by atoms with Crippen LogP contribution in [0.1, 0.15) is 24.0 Å². The lowest BCUT2D eigenvalue weighted by Gasteiger charge is -2.20. The predicted octanol–water partition coefficient (Wildman–Crippen LogP) is 2.65. The summed E-state index contributed by atoms with van der Waals surface area (Å²) in [5, 5.41) is 10.2. The number of anilines is 1. The molecule has 3 rings (SSSR count). The second-order valence-electron chi connectivity index (χ2n) is 5.92. The molecule has 1 aromatic carbocycles. The molecule has 0 radical (unpaired) electrons. The number of benzene rings is 1. The fourth-order valence-electron chi connectivity index (χ4n) is 2.91. The van der Waals surface area contributed by atoms with E-state index < -0.39 is 0 Å². The molecule has 2 heterocycles. The molecule has 0 saturated carbocycles. The number of nitrogens with one attached hydrogen (secondary N) is 2. The van der Waals surface area contributed by atoms with Crippen molar-refractivity contribution in [3.63, 3.8) is 0 Å². The average Bonchev–Trinajstić information content (AvgIpc) is 3.28. The van der Waals surface area contributed by atoms with Gasteiger partial charge < -0.3 is 15.5 Å². The highest BCUT2D eigenvalue weighted by atomic mass is 32.1. The third kappa shape index (κ3) is 4.26. The number of aliphatic imine (C=N–C) groups is 1. The number of aromatic nitrogens is 1. The van der Waals surface area contributed by atoms with Gasteiger partial charge in [0.15, 0.2) is 5.96 Å². The van der Waals surface area contributed by atoms with Crippen LogP contribution in [0.15, 0.2) is 40.7 Å². The number of thiazole rings is 1.